The first-order valence-electron chi connectivity index (χ1n) is 7.03. The van der Waals surface area contributed by atoms with Crippen molar-refractivity contribution in [2.24, 2.45) is 0 Å². The maximum atomic E-state index is 11.4. The van der Waals surface area contributed by atoms with Crippen molar-refractivity contribution < 1.29 is 9.66 Å². The summed E-state index contributed by atoms with van der Waals surface area (Å²) in [6, 6.07) is 3.61. The lowest BCUT2D eigenvalue weighted by Gasteiger charge is -2.09. The number of nitrogens with one attached hydrogen (secondary N) is 2. The number of rotatable bonds is 8. The van der Waals surface area contributed by atoms with E-state index in [-0.39, 0.29) is 17.3 Å². The predicted octanol–water partition coefficient (Wildman–Crippen LogP) is 2.28. The fourth-order valence-electron chi connectivity index (χ4n) is 1.92. The van der Waals surface area contributed by atoms with Gasteiger partial charge in [0.25, 0.3) is 0 Å². The van der Waals surface area contributed by atoms with Crippen LogP contribution in [-0.2, 0) is 4.74 Å². The highest BCUT2D eigenvalue weighted by Crippen LogP contribution is 2.30. The van der Waals surface area contributed by atoms with Gasteiger partial charge in [0, 0.05) is 26.5 Å². The second-order valence-corrected chi connectivity index (χ2v) is 4.79. The molecular formula is C14H18N6O3. The summed E-state index contributed by atoms with van der Waals surface area (Å²) in [6.07, 6.45) is 3.60. The molecule has 0 saturated heterocycles. The Kier molecular flexibility index (Phi) is 5.75. The van der Waals surface area contributed by atoms with Gasteiger partial charge in [0.2, 0.25) is 11.6 Å². The Labute approximate surface area is 133 Å². The van der Waals surface area contributed by atoms with Crippen molar-refractivity contribution in [1.29, 1.82) is 0 Å². The van der Waals surface area contributed by atoms with E-state index in [9.17, 15) is 10.1 Å². The quantitative estimate of drug-likeness (QED) is 0.433. The van der Waals surface area contributed by atoms with E-state index in [2.05, 4.69) is 25.6 Å². The normalized spacial score (nSPS) is 10.3. The first kappa shape index (κ1) is 16.6. The number of aryl methyl sites for hydroxylation is 1. The first-order valence-corrected chi connectivity index (χ1v) is 7.03. The van der Waals surface area contributed by atoms with E-state index in [1.165, 1.54) is 6.33 Å². The molecule has 23 heavy (non-hydrogen) atoms. The zero-order chi connectivity index (χ0) is 16.7. The molecule has 0 amide bonds. The van der Waals surface area contributed by atoms with Gasteiger partial charge in [-0.3, -0.25) is 10.1 Å². The molecule has 0 radical (unpaired) electrons. The van der Waals surface area contributed by atoms with Gasteiger partial charge in [-0.15, -0.1) is 0 Å². The number of anilines is 3. The largest absolute Gasteiger partial charge is 0.385 e. The number of nitrogens with zero attached hydrogens (tertiary/aromatic N) is 4. The minimum absolute atomic E-state index is 0.0948. The molecule has 2 heterocycles. The van der Waals surface area contributed by atoms with Crippen LogP contribution in [0.2, 0.25) is 0 Å². The molecule has 2 N–H and O–H groups in total. The van der Waals surface area contributed by atoms with Gasteiger partial charge in [0.15, 0.2) is 0 Å². The SMILES string of the molecule is COCCCNc1ncnc(Nc2cc(C)ccn2)c1[N+](=O)[O-]. The third-order valence-corrected chi connectivity index (χ3v) is 2.98. The molecule has 0 unspecified atom stereocenters. The van der Waals surface area contributed by atoms with Crippen LogP contribution in [0, 0.1) is 17.0 Å². The number of nitro groups is 1. The molecule has 0 spiro atoms. The molecule has 0 fully saturated rings. The molecule has 0 atom stereocenters. The Morgan fingerprint density at radius 3 is 2.78 bits per heavy atom. The molecule has 2 rings (SSSR count). The monoisotopic (exact) mass is 318 g/mol. The summed E-state index contributed by atoms with van der Waals surface area (Å²) in [7, 11) is 1.60. The van der Waals surface area contributed by atoms with Crippen LogP contribution in [0.4, 0.5) is 23.1 Å². The highest BCUT2D eigenvalue weighted by atomic mass is 16.6. The van der Waals surface area contributed by atoms with Gasteiger partial charge in [0.05, 0.1) is 4.92 Å². The van der Waals surface area contributed by atoms with Crippen molar-refractivity contribution in [2.75, 3.05) is 30.9 Å². The van der Waals surface area contributed by atoms with Gasteiger partial charge in [-0.25, -0.2) is 15.0 Å². The van der Waals surface area contributed by atoms with Gasteiger partial charge in [-0.05, 0) is 31.0 Å². The van der Waals surface area contributed by atoms with Crippen molar-refractivity contribution >= 4 is 23.1 Å². The lowest BCUT2D eigenvalue weighted by molar-refractivity contribution is -0.383. The zero-order valence-corrected chi connectivity index (χ0v) is 12.9. The van der Waals surface area contributed by atoms with Crippen LogP contribution in [0.25, 0.3) is 0 Å². The Balaban J connectivity index is 2.23. The number of pyridine rings is 1. The second kappa shape index (κ2) is 7.99. The molecule has 0 bridgehead atoms. The summed E-state index contributed by atoms with van der Waals surface area (Å²) in [4.78, 5) is 22.9. The Hall–Kier alpha value is -2.81. The van der Waals surface area contributed by atoms with Crippen molar-refractivity contribution in [2.45, 2.75) is 13.3 Å². The summed E-state index contributed by atoms with van der Waals surface area (Å²) in [5.41, 5.74) is 0.769. The van der Waals surface area contributed by atoms with Crippen LogP contribution in [0.3, 0.4) is 0 Å². The van der Waals surface area contributed by atoms with Gasteiger partial charge in [-0.2, -0.15) is 0 Å². The van der Waals surface area contributed by atoms with E-state index < -0.39 is 4.92 Å². The van der Waals surface area contributed by atoms with Crippen LogP contribution in [0.1, 0.15) is 12.0 Å². The van der Waals surface area contributed by atoms with Crippen LogP contribution >= 0.6 is 0 Å². The number of hydrogen-bond donors (Lipinski definition) is 2. The van der Waals surface area contributed by atoms with Crippen LogP contribution < -0.4 is 10.6 Å². The number of aromatic nitrogens is 3. The lowest BCUT2D eigenvalue weighted by Crippen LogP contribution is -2.10. The molecule has 122 valence electrons. The smallest absolute Gasteiger partial charge is 0.353 e. The standard InChI is InChI=1S/C14H18N6O3/c1-10-4-6-15-11(8-10)19-14-12(20(21)22)13(17-9-18-14)16-5-3-7-23-2/h4,6,8-9H,3,5,7H2,1-2H3,(H2,15,16,17,18,19). The number of hydrogen-bond acceptors (Lipinski definition) is 8. The van der Waals surface area contributed by atoms with Crippen LogP contribution in [-0.4, -0.2) is 40.1 Å². The van der Waals surface area contributed by atoms with Crippen LogP contribution in [0.5, 0.6) is 0 Å². The Bertz CT molecular complexity index is 679. The molecule has 9 heteroatoms. The van der Waals surface area contributed by atoms with E-state index in [1.54, 1.807) is 19.4 Å². The summed E-state index contributed by atoms with van der Waals surface area (Å²) >= 11 is 0. The topological polar surface area (TPSA) is 115 Å². The fourth-order valence-corrected chi connectivity index (χ4v) is 1.92. The highest BCUT2D eigenvalue weighted by molar-refractivity contribution is 5.72. The highest BCUT2D eigenvalue weighted by Gasteiger charge is 2.23. The molecule has 2 aromatic rings. The van der Waals surface area contributed by atoms with Crippen molar-refractivity contribution in [3.63, 3.8) is 0 Å². The van der Waals surface area contributed by atoms with E-state index in [4.69, 9.17) is 4.74 Å². The van der Waals surface area contributed by atoms with Gasteiger partial charge < -0.3 is 15.4 Å². The van der Waals surface area contributed by atoms with Crippen molar-refractivity contribution in [1.82, 2.24) is 15.0 Å². The Morgan fingerprint density at radius 1 is 1.30 bits per heavy atom. The minimum Gasteiger partial charge on any atom is -0.385 e. The van der Waals surface area contributed by atoms with E-state index in [0.29, 0.717) is 25.4 Å². The molecule has 0 aliphatic heterocycles. The molecule has 0 aliphatic carbocycles. The second-order valence-electron chi connectivity index (χ2n) is 4.79. The summed E-state index contributed by atoms with van der Waals surface area (Å²) in [6.45, 7) is 2.97. The molecule has 0 aliphatic rings. The molecule has 0 saturated carbocycles. The third kappa shape index (κ3) is 4.58. The summed E-state index contributed by atoms with van der Waals surface area (Å²) < 4.78 is 4.94. The van der Waals surface area contributed by atoms with Gasteiger partial charge >= 0.3 is 5.69 Å². The van der Waals surface area contributed by atoms with E-state index in [1.807, 2.05) is 13.0 Å². The maximum Gasteiger partial charge on any atom is 0.353 e. The summed E-state index contributed by atoms with van der Waals surface area (Å²) in [5.74, 6) is 0.741. The number of methoxy groups -OCH3 is 1. The molecule has 9 nitrogen and oxygen atoms in total. The van der Waals surface area contributed by atoms with Gasteiger partial charge in [-0.1, -0.05) is 0 Å². The summed E-state index contributed by atoms with van der Waals surface area (Å²) in [5, 5.41) is 17.2. The fraction of sp³-hybridized carbons (Fsp3) is 0.357. The third-order valence-electron chi connectivity index (χ3n) is 2.98. The average Bonchev–Trinajstić information content (AvgIpc) is 2.51. The Morgan fingerprint density at radius 2 is 2.09 bits per heavy atom. The lowest BCUT2D eigenvalue weighted by atomic mass is 10.3. The first-order chi connectivity index (χ1) is 11.1. The molecule has 0 aromatic carbocycles. The maximum absolute atomic E-state index is 11.4. The molecular weight excluding hydrogens is 300 g/mol. The predicted molar refractivity (Wildman–Crippen MR) is 85.9 cm³/mol. The van der Waals surface area contributed by atoms with Crippen molar-refractivity contribution in [3.8, 4) is 0 Å². The zero-order valence-electron chi connectivity index (χ0n) is 12.9. The van der Waals surface area contributed by atoms with Crippen LogP contribution in [0.15, 0.2) is 24.7 Å². The van der Waals surface area contributed by atoms with Crippen molar-refractivity contribution in [3.05, 3.63) is 40.3 Å². The van der Waals surface area contributed by atoms with Gasteiger partial charge in [0.1, 0.15) is 12.1 Å². The molecule has 2 aromatic heterocycles. The average molecular weight is 318 g/mol. The minimum atomic E-state index is -0.517. The van der Waals surface area contributed by atoms with E-state index >= 15 is 0 Å². The van der Waals surface area contributed by atoms with E-state index in [0.717, 1.165) is 5.56 Å². The number of ether oxygens (including phenoxy) is 1.